The molecule has 130 valence electrons. The summed E-state index contributed by atoms with van der Waals surface area (Å²) in [6, 6.07) is 1.84. The number of hydrogen-bond acceptors (Lipinski definition) is 7. The van der Waals surface area contributed by atoms with E-state index in [2.05, 4.69) is 16.3 Å². The molecular weight excluding hydrogens is 310 g/mol. The zero-order valence-electron chi connectivity index (χ0n) is 14.4. The minimum atomic E-state index is -0.542. The van der Waals surface area contributed by atoms with Crippen LogP contribution in [0.5, 0.6) is 0 Å². The molecular formula is C16H23N5O3. The van der Waals surface area contributed by atoms with Gasteiger partial charge in [-0.1, -0.05) is 0 Å². The molecule has 1 aliphatic heterocycles. The normalized spacial score (nSPS) is 22.2. The van der Waals surface area contributed by atoms with Gasteiger partial charge in [-0.3, -0.25) is 4.90 Å². The fraction of sp³-hybridized carbons (Fsp3) is 0.750. The van der Waals surface area contributed by atoms with Gasteiger partial charge >= 0.3 is 6.09 Å². The Hall–Kier alpha value is -2.14. The van der Waals surface area contributed by atoms with E-state index in [9.17, 15) is 10.1 Å². The summed E-state index contributed by atoms with van der Waals surface area (Å²) in [5.74, 6) is 1.65. The van der Waals surface area contributed by atoms with Gasteiger partial charge in [0.05, 0.1) is 19.2 Å². The number of nitrogens with zero attached hydrogens (tertiary/aromatic N) is 5. The van der Waals surface area contributed by atoms with E-state index in [-0.39, 0.29) is 6.09 Å². The Morgan fingerprint density at radius 1 is 1.38 bits per heavy atom. The third kappa shape index (κ3) is 4.03. The third-order valence-corrected chi connectivity index (χ3v) is 4.04. The van der Waals surface area contributed by atoms with E-state index in [1.165, 1.54) is 0 Å². The molecule has 2 heterocycles. The molecule has 24 heavy (non-hydrogen) atoms. The number of carbonyl (C=O) groups excluding carboxylic acids is 1. The van der Waals surface area contributed by atoms with Gasteiger partial charge in [0.2, 0.25) is 11.8 Å². The molecule has 3 rings (SSSR count). The highest BCUT2D eigenvalue weighted by Gasteiger charge is 2.34. The number of hydrogen-bond donors (Lipinski definition) is 0. The maximum atomic E-state index is 12.2. The Morgan fingerprint density at radius 2 is 2.12 bits per heavy atom. The molecule has 1 aromatic heterocycles. The van der Waals surface area contributed by atoms with Crippen molar-refractivity contribution >= 4 is 6.09 Å². The number of rotatable bonds is 3. The smallest absolute Gasteiger partial charge is 0.410 e. The van der Waals surface area contributed by atoms with Crippen LogP contribution in [0.4, 0.5) is 4.79 Å². The predicted molar refractivity (Wildman–Crippen MR) is 83.9 cm³/mol. The van der Waals surface area contributed by atoms with Crippen LogP contribution in [0, 0.1) is 11.3 Å². The Bertz CT molecular complexity index is 641. The minimum Gasteiger partial charge on any atom is -0.444 e. The molecule has 8 nitrogen and oxygen atoms in total. The highest BCUT2D eigenvalue weighted by atomic mass is 16.6. The van der Waals surface area contributed by atoms with E-state index in [0.29, 0.717) is 43.9 Å². The largest absolute Gasteiger partial charge is 0.444 e. The molecule has 1 aromatic rings. The second-order valence-corrected chi connectivity index (χ2v) is 7.35. The number of ether oxygens (including phenoxy) is 1. The van der Waals surface area contributed by atoms with E-state index >= 15 is 0 Å². The van der Waals surface area contributed by atoms with Crippen molar-refractivity contribution in [3.8, 4) is 6.07 Å². The first-order valence-electron chi connectivity index (χ1n) is 8.29. The fourth-order valence-electron chi connectivity index (χ4n) is 2.62. The average molecular weight is 333 g/mol. The van der Waals surface area contributed by atoms with Crippen molar-refractivity contribution in [2.75, 3.05) is 19.6 Å². The van der Waals surface area contributed by atoms with E-state index in [1.807, 2.05) is 25.7 Å². The molecule has 0 N–H and O–H groups in total. The Morgan fingerprint density at radius 3 is 2.75 bits per heavy atom. The van der Waals surface area contributed by atoms with Crippen LogP contribution in [-0.4, -0.2) is 57.4 Å². The first-order chi connectivity index (χ1) is 11.4. The van der Waals surface area contributed by atoms with Crippen molar-refractivity contribution in [3.63, 3.8) is 0 Å². The van der Waals surface area contributed by atoms with E-state index < -0.39 is 11.6 Å². The van der Waals surface area contributed by atoms with Gasteiger partial charge in [0, 0.05) is 19.0 Å². The van der Waals surface area contributed by atoms with Crippen molar-refractivity contribution in [3.05, 3.63) is 11.8 Å². The van der Waals surface area contributed by atoms with Gasteiger partial charge in [-0.2, -0.15) is 5.26 Å². The average Bonchev–Trinajstić information content (AvgIpc) is 3.26. The molecule has 0 aromatic carbocycles. The lowest BCUT2D eigenvalue weighted by atomic mass is 10.2. The van der Waals surface area contributed by atoms with Crippen LogP contribution < -0.4 is 0 Å². The van der Waals surface area contributed by atoms with Crippen LogP contribution >= 0.6 is 0 Å². The second-order valence-electron chi connectivity index (χ2n) is 7.35. The van der Waals surface area contributed by atoms with E-state index in [4.69, 9.17) is 9.15 Å². The first-order valence-corrected chi connectivity index (χ1v) is 8.29. The van der Waals surface area contributed by atoms with Gasteiger partial charge in [0.25, 0.3) is 0 Å². The summed E-state index contributed by atoms with van der Waals surface area (Å²) in [6.45, 7) is 7.31. The third-order valence-electron chi connectivity index (χ3n) is 4.04. The van der Waals surface area contributed by atoms with Crippen LogP contribution in [0.25, 0.3) is 0 Å². The highest BCUT2D eigenvalue weighted by molar-refractivity contribution is 5.68. The second kappa shape index (κ2) is 6.40. The predicted octanol–water partition coefficient (Wildman–Crippen LogP) is 1.89. The summed E-state index contributed by atoms with van der Waals surface area (Å²) in [7, 11) is 0. The lowest BCUT2D eigenvalue weighted by Gasteiger charge is -2.37. The summed E-state index contributed by atoms with van der Waals surface area (Å²) in [5.41, 5.74) is -0.542. The van der Waals surface area contributed by atoms with Crippen LogP contribution in [0.1, 0.15) is 51.3 Å². The van der Waals surface area contributed by atoms with Crippen molar-refractivity contribution in [1.29, 1.82) is 5.26 Å². The monoisotopic (exact) mass is 333 g/mol. The molecule has 0 unspecified atom stereocenters. The van der Waals surface area contributed by atoms with Gasteiger partial charge in [0.1, 0.15) is 11.6 Å². The number of carbonyl (C=O) groups is 1. The maximum Gasteiger partial charge on any atom is 0.410 e. The standard InChI is InChI=1S/C16H23N5O3/c1-16(2,3)24-15(22)21-7-6-20(12(8-17)9-21)10-13-18-19-14(23-13)11-4-5-11/h11-12H,4-7,9-10H2,1-3H3/t12-/m0/s1. The van der Waals surface area contributed by atoms with Gasteiger partial charge in [-0.05, 0) is 33.6 Å². The first kappa shape index (κ1) is 16.7. The summed E-state index contributed by atoms with van der Waals surface area (Å²) in [5, 5.41) is 17.6. The SMILES string of the molecule is CC(C)(C)OC(=O)N1CCN(Cc2nnc(C3CC3)o2)[C@@H](C#N)C1. The Balaban J connectivity index is 1.58. The van der Waals surface area contributed by atoms with Crippen molar-refractivity contribution in [1.82, 2.24) is 20.0 Å². The zero-order chi connectivity index (χ0) is 17.3. The summed E-state index contributed by atoms with van der Waals surface area (Å²) < 4.78 is 11.0. The number of nitriles is 1. The summed E-state index contributed by atoms with van der Waals surface area (Å²) >= 11 is 0. The summed E-state index contributed by atoms with van der Waals surface area (Å²) in [6.07, 6.45) is 1.84. The molecule has 0 bridgehead atoms. The van der Waals surface area contributed by atoms with E-state index in [1.54, 1.807) is 4.90 Å². The number of amides is 1. The fourth-order valence-corrected chi connectivity index (χ4v) is 2.62. The molecule has 1 saturated carbocycles. The lowest BCUT2D eigenvalue weighted by molar-refractivity contribution is 0.00743. The zero-order valence-corrected chi connectivity index (χ0v) is 14.4. The van der Waals surface area contributed by atoms with Gasteiger partial charge < -0.3 is 14.1 Å². The summed E-state index contributed by atoms with van der Waals surface area (Å²) in [4.78, 5) is 15.7. The molecule has 1 atom stereocenters. The Kier molecular flexibility index (Phi) is 4.45. The molecule has 2 aliphatic rings. The van der Waals surface area contributed by atoms with Gasteiger partial charge in [-0.15, -0.1) is 10.2 Å². The van der Waals surface area contributed by atoms with Crippen LogP contribution in [-0.2, 0) is 11.3 Å². The van der Waals surface area contributed by atoms with Crippen LogP contribution in [0.15, 0.2) is 4.42 Å². The molecule has 2 fully saturated rings. The topological polar surface area (TPSA) is 95.5 Å². The van der Waals surface area contributed by atoms with Crippen molar-refractivity contribution < 1.29 is 13.9 Å². The van der Waals surface area contributed by atoms with Gasteiger partial charge in [-0.25, -0.2) is 4.79 Å². The van der Waals surface area contributed by atoms with Crippen LogP contribution in [0.2, 0.25) is 0 Å². The molecule has 1 saturated heterocycles. The molecule has 8 heteroatoms. The molecule has 1 amide bonds. The quantitative estimate of drug-likeness (QED) is 0.833. The highest BCUT2D eigenvalue weighted by Crippen LogP contribution is 2.39. The van der Waals surface area contributed by atoms with Gasteiger partial charge in [0.15, 0.2) is 0 Å². The minimum absolute atomic E-state index is 0.315. The molecule has 0 radical (unpaired) electrons. The van der Waals surface area contributed by atoms with Crippen molar-refractivity contribution in [2.24, 2.45) is 0 Å². The molecule has 0 spiro atoms. The van der Waals surface area contributed by atoms with Crippen molar-refractivity contribution in [2.45, 2.75) is 57.7 Å². The lowest BCUT2D eigenvalue weighted by Crippen LogP contribution is -2.54. The van der Waals surface area contributed by atoms with E-state index in [0.717, 1.165) is 12.8 Å². The van der Waals surface area contributed by atoms with Crippen LogP contribution in [0.3, 0.4) is 0 Å². The number of piperazine rings is 1. The maximum absolute atomic E-state index is 12.2. The molecule has 1 aliphatic carbocycles. The number of aromatic nitrogens is 2. The Labute approximate surface area is 141 Å².